The van der Waals surface area contributed by atoms with Crippen molar-refractivity contribution in [1.29, 1.82) is 0 Å². The molecule has 0 unspecified atom stereocenters. The zero-order valence-corrected chi connectivity index (χ0v) is 12.5. The lowest BCUT2D eigenvalue weighted by molar-refractivity contribution is 0.248. The van der Waals surface area contributed by atoms with Gasteiger partial charge >= 0.3 is 0 Å². The van der Waals surface area contributed by atoms with Crippen LogP contribution in [0.25, 0.3) is 0 Å². The fraction of sp³-hybridized carbons (Fsp3) is 1.00. The Bertz CT molecular complexity index is 464. The number of nitrogens with zero attached hydrogens (tertiary/aromatic N) is 1. The van der Waals surface area contributed by atoms with E-state index in [4.69, 9.17) is 5.73 Å². The van der Waals surface area contributed by atoms with Crippen LogP contribution in [0.3, 0.4) is 0 Å². The van der Waals surface area contributed by atoms with Gasteiger partial charge in [-0.3, -0.25) is 0 Å². The van der Waals surface area contributed by atoms with Crippen molar-refractivity contribution >= 4 is 19.9 Å². The summed E-state index contributed by atoms with van der Waals surface area (Å²) in [5, 5.41) is -0.809. The summed E-state index contributed by atoms with van der Waals surface area (Å²) >= 11 is 0. The van der Waals surface area contributed by atoms with Crippen molar-refractivity contribution in [3.05, 3.63) is 0 Å². The van der Waals surface area contributed by atoms with Crippen LogP contribution >= 0.6 is 0 Å². The molecule has 0 atom stereocenters. The normalized spacial score (nSPS) is 26.4. The molecule has 0 heterocycles. The minimum atomic E-state index is -3.74. The van der Waals surface area contributed by atoms with E-state index in [1.54, 1.807) is 6.92 Å². The van der Waals surface area contributed by atoms with Crippen LogP contribution in [0.4, 0.5) is 0 Å². The smallest absolute Gasteiger partial charge is 0.228 e. The van der Waals surface area contributed by atoms with Crippen molar-refractivity contribution in [2.75, 3.05) is 17.9 Å². The molecule has 0 radical (unpaired) electrons. The van der Waals surface area contributed by atoms with Gasteiger partial charge in [0.2, 0.25) is 10.0 Å². The zero-order chi connectivity index (χ0) is 14.0. The standard InChI is InChI=1S/C10H22N2O4S2/c1-3-12(10-6-4-9(11)5-7-10)18(15,16)8-17(2,13)14/h9-10H,3-8,11H2,1-2H3. The summed E-state index contributed by atoms with van der Waals surface area (Å²) in [6.07, 6.45) is 3.93. The SMILES string of the molecule is CCN(C1CCC(N)CC1)S(=O)(=O)CS(C)(=O)=O. The summed E-state index contributed by atoms with van der Waals surface area (Å²) in [6, 6.07) is 0.0270. The van der Waals surface area contributed by atoms with E-state index in [2.05, 4.69) is 0 Å². The molecule has 0 aromatic heterocycles. The molecule has 1 aliphatic rings. The first-order valence-corrected chi connectivity index (χ1v) is 9.75. The average Bonchev–Trinajstić information content (AvgIpc) is 2.17. The van der Waals surface area contributed by atoms with E-state index in [1.807, 2.05) is 0 Å². The van der Waals surface area contributed by atoms with Gasteiger partial charge in [-0.25, -0.2) is 16.8 Å². The molecule has 0 aromatic rings. The van der Waals surface area contributed by atoms with E-state index in [-0.39, 0.29) is 12.1 Å². The maximum Gasteiger partial charge on any atom is 0.228 e. The molecule has 0 amide bonds. The molecule has 0 bridgehead atoms. The molecule has 0 aromatic carbocycles. The van der Waals surface area contributed by atoms with Gasteiger partial charge in [-0.05, 0) is 25.7 Å². The molecule has 1 rings (SSSR count). The van der Waals surface area contributed by atoms with Crippen LogP contribution < -0.4 is 5.73 Å². The van der Waals surface area contributed by atoms with Crippen LogP contribution in [-0.4, -0.2) is 51.1 Å². The Hall–Kier alpha value is -0.180. The predicted molar refractivity (Wildman–Crippen MR) is 71.2 cm³/mol. The van der Waals surface area contributed by atoms with Gasteiger partial charge in [0.25, 0.3) is 0 Å². The fourth-order valence-corrected chi connectivity index (χ4v) is 6.17. The van der Waals surface area contributed by atoms with Crippen LogP contribution in [0.2, 0.25) is 0 Å². The molecular formula is C10H22N2O4S2. The largest absolute Gasteiger partial charge is 0.328 e. The van der Waals surface area contributed by atoms with Crippen molar-refractivity contribution in [1.82, 2.24) is 4.31 Å². The second-order valence-corrected chi connectivity index (χ2v) is 9.35. The van der Waals surface area contributed by atoms with Crippen LogP contribution in [0, 0.1) is 0 Å². The molecule has 1 saturated carbocycles. The number of hydrogen-bond acceptors (Lipinski definition) is 5. The molecule has 8 heteroatoms. The Kier molecular flexibility index (Phi) is 5.16. The second kappa shape index (κ2) is 5.85. The van der Waals surface area contributed by atoms with Crippen LogP contribution in [-0.2, 0) is 19.9 Å². The summed E-state index contributed by atoms with van der Waals surface area (Å²) in [6.45, 7) is 2.03. The molecule has 1 aliphatic carbocycles. The molecule has 0 aliphatic heterocycles. The van der Waals surface area contributed by atoms with Gasteiger partial charge in [0.05, 0.1) is 0 Å². The molecule has 18 heavy (non-hydrogen) atoms. The lowest BCUT2D eigenvalue weighted by atomic mass is 9.92. The van der Waals surface area contributed by atoms with Gasteiger partial charge in [-0.15, -0.1) is 0 Å². The lowest BCUT2D eigenvalue weighted by Crippen LogP contribution is -2.45. The maximum absolute atomic E-state index is 12.1. The van der Waals surface area contributed by atoms with E-state index in [1.165, 1.54) is 4.31 Å². The Morgan fingerprint density at radius 1 is 1.11 bits per heavy atom. The van der Waals surface area contributed by atoms with Gasteiger partial charge in [0, 0.05) is 24.9 Å². The number of nitrogens with two attached hydrogens (primary N) is 1. The maximum atomic E-state index is 12.1. The van der Waals surface area contributed by atoms with Crippen molar-refractivity contribution in [3.63, 3.8) is 0 Å². The number of hydrogen-bond donors (Lipinski definition) is 1. The minimum absolute atomic E-state index is 0.110. The number of sulfone groups is 1. The fourth-order valence-electron chi connectivity index (χ4n) is 2.41. The zero-order valence-electron chi connectivity index (χ0n) is 10.9. The third-order valence-corrected chi connectivity index (χ3v) is 7.36. The highest BCUT2D eigenvalue weighted by Crippen LogP contribution is 2.24. The number of rotatable bonds is 5. The van der Waals surface area contributed by atoms with Gasteiger partial charge < -0.3 is 5.73 Å². The Labute approximate surface area is 110 Å². The second-order valence-electron chi connectivity index (χ2n) is 4.93. The van der Waals surface area contributed by atoms with E-state index in [0.29, 0.717) is 19.4 Å². The van der Waals surface area contributed by atoms with Crippen LogP contribution in [0.15, 0.2) is 0 Å². The molecule has 0 spiro atoms. The van der Waals surface area contributed by atoms with Crippen molar-refractivity contribution in [2.24, 2.45) is 5.73 Å². The van der Waals surface area contributed by atoms with Gasteiger partial charge in [0.1, 0.15) is 0 Å². The summed E-state index contributed by atoms with van der Waals surface area (Å²) < 4.78 is 47.8. The van der Waals surface area contributed by atoms with Crippen LogP contribution in [0.1, 0.15) is 32.6 Å². The minimum Gasteiger partial charge on any atom is -0.328 e. The summed E-state index contributed by atoms with van der Waals surface area (Å²) in [5.41, 5.74) is 5.79. The Morgan fingerprint density at radius 3 is 2.00 bits per heavy atom. The van der Waals surface area contributed by atoms with Gasteiger partial charge in [-0.2, -0.15) is 4.31 Å². The van der Waals surface area contributed by atoms with Gasteiger partial charge in [-0.1, -0.05) is 6.92 Å². The topological polar surface area (TPSA) is 97.5 Å². The molecular weight excluding hydrogens is 276 g/mol. The monoisotopic (exact) mass is 298 g/mol. The predicted octanol–water partition coefficient (Wildman–Crippen LogP) is -0.0899. The first-order valence-electron chi connectivity index (χ1n) is 6.08. The number of sulfonamides is 1. The van der Waals surface area contributed by atoms with Crippen molar-refractivity contribution in [2.45, 2.75) is 44.7 Å². The summed E-state index contributed by atoms with van der Waals surface area (Å²) in [4.78, 5) is 0. The lowest BCUT2D eigenvalue weighted by Gasteiger charge is -2.34. The van der Waals surface area contributed by atoms with E-state index in [0.717, 1.165) is 19.1 Å². The van der Waals surface area contributed by atoms with E-state index in [9.17, 15) is 16.8 Å². The first kappa shape index (κ1) is 15.9. The molecule has 0 saturated heterocycles. The summed E-state index contributed by atoms with van der Waals surface area (Å²) in [5.74, 6) is 0. The van der Waals surface area contributed by atoms with E-state index >= 15 is 0 Å². The van der Waals surface area contributed by atoms with Crippen LogP contribution in [0.5, 0.6) is 0 Å². The molecule has 108 valence electrons. The molecule has 1 fully saturated rings. The van der Waals surface area contributed by atoms with Gasteiger partial charge in [0.15, 0.2) is 14.9 Å². The highest BCUT2D eigenvalue weighted by Gasteiger charge is 2.33. The Morgan fingerprint density at radius 2 is 1.61 bits per heavy atom. The molecule has 6 nitrogen and oxygen atoms in total. The third kappa shape index (κ3) is 4.49. The highest BCUT2D eigenvalue weighted by molar-refractivity contribution is 8.06. The third-order valence-electron chi connectivity index (χ3n) is 3.18. The quantitative estimate of drug-likeness (QED) is 0.765. The van der Waals surface area contributed by atoms with E-state index < -0.39 is 24.9 Å². The Balaban J connectivity index is 2.83. The van der Waals surface area contributed by atoms with Crippen molar-refractivity contribution < 1.29 is 16.8 Å². The van der Waals surface area contributed by atoms with Crippen molar-refractivity contribution in [3.8, 4) is 0 Å². The summed E-state index contributed by atoms with van der Waals surface area (Å²) in [7, 11) is -7.28. The molecule has 2 N–H and O–H groups in total. The average molecular weight is 298 g/mol. The highest BCUT2D eigenvalue weighted by atomic mass is 32.3. The first-order chi connectivity index (χ1) is 8.15.